The SMILES string of the molecule is CC(=O)OCC=C[C@H]1CC[C@H](c2ccc(C#N)cc2)CC1. The normalized spacial score (nSPS) is 21.9. The number of nitriles is 1. The molecule has 0 radical (unpaired) electrons. The Morgan fingerprint density at radius 3 is 2.52 bits per heavy atom. The predicted molar refractivity (Wildman–Crippen MR) is 81.6 cm³/mol. The van der Waals surface area contributed by atoms with Gasteiger partial charge in [-0.2, -0.15) is 5.26 Å². The summed E-state index contributed by atoms with van der Waals surface area (Å²) >= 11 is 0. The lowest BCUT2D eigenvalue weighted by Crippen LogP contribution is -2.12. The lowest BCUT2D eigenvalue weighted by molar-refractivity contribution is -0.139. The van der Waals surface area contributed by atoms with Crippen molar-refractivity contribution in [3.8, 4) is 6.07 Å². The van der Waals surface area contributed by atoms with Crippen LogP contribution in [-0.2, 0) is 9.53 Å². The van der Waals surface area contributed by atoms with Gasteiger partial charge < -0.3 is 4.74 Å². The molecular formula is C18H21NO2. The van der Waals surface area contributed by atoms with Gasteiger partial charge in [-0.1, -0.05) is 24.3 Å². The van der Waals surface area contributed by atoms with Gasteiger partial charge in [-0.05, 0) is 55.2 Å². The van der Waals surface area contributed by atoms with E-state index in [1.807, 2.05) is 18.2 Å². The fourth-order valence-corrected chi connectivity index (χ4v) is 2.89. The van der Waals surface area contributed by atoms with Crippen molar-refractivity contribution in [2.75, 3.05) is 6.61 Å². The van der Waals surface area contributed by atoms with Crippen LogP contribution in [0, 0.1) is 17.2 Å². The number of carbonyl (C=O) groups excluding carboxylic acids is 1. The van der Waals surface area contributed by atoms with Crippen molar-refractivity contribution in [1.29, 1.82) is 5.26 Å². The Morgan fingerprint density at radius 2 is 1.95 bits per heavy atom. The van der Waals surface area contributed by atoms with E-state index in [0.29, 0.717) is 18.4 Å². The summed E-state index contributed by atoms with van der Waals surface area (Å²) < 4.78 is 4.89. The van der Waals surface area contributed by atoms with Gasteiger partial charge in [0.25, 0.3) is 0 Å². The molecule has 0 atom stereocenters. The van der Waals surface area contributed by atoms with E-state index in [1.54, 1.807) is 0 Å². The summed E-state index contributed by atoms with van der Waals surface area (Å²) in [5, 5.41) is 8.82. The molecule has 0 bridgehead atoms. The summed E-state index contributed by atoms with van der Waals surface area (Å²) in [6.45, 7) is 1.81. The summed E-state index contributed by atoms with van der Waals surface area (Å²) in [6.07, 6.45) is 8.82. The highest BCUT2D eigenvalue weighted by molar-refractivity contribution is 5.65. The van der Waals surface area contributed by atoms with E-state index in [0.717, 1.165) is 5.56 Å². The van der Waals surface area contributed by atoms with E-state index in [1.165, 1.54) is 38.2 Å². The van der Waals surface area contributed by atoms with Crippen molar-refractivity contribution in [3.05, 3.63) is 47.5 Å². The molecule has 21 heavy (non-hydrogen) atoms. The van der Waals surface area contributed by atoms with Crippen LogP contribution < -0.4 is 0 Å². The lowest BCUT2D eigenvalue weighted by atomic mass is 9.78. The highest BCUT2D eigenvalue weighted by Crippen LogP contribution is 2.36. The lowest BCUT2D eigenvalue weighted by Gasteiger charge is -2.27. The highest BCUT2D eigenvalue weighted by Gasteiger charge is 2.20. The molecule has 0 aromatic heterocycles. The van der Waals surface area contributed by atoms with E-state index in [4.69, 9.17) is 10.00 Å². The van der Waals surface area contributed by atoms with Gasteiger partial charge in [0.2, 0.25) is 0 Å². The molecule has 2 rings (SSSR count). The minimum absolute atomic E-state index is 0.232. The Hall–Kier alpha value is -2.08. The third-order valence-electron chi connectivity index (χ3n) is 4.07. The molecule has 1 saturated carbocycles. The van der Waals surface area contributed by atoms with Gasteiger partial charge in [-0.25, -0.2) is 0 Å². The van der Waals surface area contributed by atoms with E-state index >= 15 is 0 Å². The third-order valence-corrected chi connectivity index (χ3v) is 4.07. The van der Waals surface area contributed by atoms with Gasteiger partial charge in [0.05, 0.1) is 11.6 Å². The maximum absolute atomic E-state index is 10.7. The molecule has 1 aromatic rings. The molecule has 1 aliphatic carbocycles. The second-order valence-electron chi connectivity index (χ2n) is 5.58. The molecule has 0 spiro atoms. The minimum Gasteiger partial charge on any atom is -0.462 e. The van der Waals surface area contributed by atoms with Crippen LogP contribution in [-0.4, -0.2) is 12.6 Å². The average molecular weight is 283 g/mol. The Balaban J connectivity index is 1.80. The first kappa shape index (κ1) is 15.3. The van der Waals surface area contributed by atoms with E-state index in [-0.39, 0.29) is 5.97 Å². The molecular weight excluding hydrogens is 262 g/mol. The van der Waals surface area contributed by atoms with Crippen molar-refractivity contribution < 1.29 is 9.53 Å². The third kappa shape index (κ3) is 4.75. The maximum Gasteiger partial charge on any atom is 0.302 e. The quantitative estimate of drug-likeness (QED) is 0.621. The Bertz CT molecular complexity index is 531. The van der Waals surface area contributed by atoms with Gasteiger partial charge in [-0.3, -0.25) is 4.79 Å². The molecule has 110 valence electrons. The first-order chi connectivity index (χ1) is 10.2. The first-order valence-corrected chi connectivity index (χ1v) is 7.49. The number of carbonyl (C=O) groups is 1. The van der Waals surface area contributed by atoms with E-state index < -0.39 is 0 Å². The standard InChI is InChI=1S/C18H21NO2/c1-14(20)21-12-2-3-15-4-8-17(9-5-15)18-10-6-16(13-19)7-11-18/h2-3,6-7,10-11,15,17H,4-5,8-9,12H2,1H3/t15-,17-. The monoisotopic (exact) mass is 283 g/mol. The van der Waals surface area contributed by atoms with Gasteiger partial charge >= 0.3 is 5.97 Å². The number of esters is 1. The van der Waals surface area contributed by atoms with Crippen LogP contribution in [0.3, 0.4) is 0 Å². The highest BCUT2D eigenvalue weighted by atomic mass is 16.5. The van der Waals surface area contributed by atoms with Crippen LogP contribution in [0.4, 0.5) is 0 Å². The molecule has 0 aliphatic heterocycles. The van der Waals surface area contributed by atoms with Crippen LogP contribution in [0.5, 0.6) is 0 Å². The zero-order chi connectivity index (χ0) is 15.1. The van der Waals surface area contributed by atoms with E-state index in [2.05, 4.69) is 24.3 Å². The largest absolute Gasteiger partial charge is 0.462 e. The van der Waals surface area contributed by atoms with E-state index in [9.17, 15) is 4.79 Å². The van der Waals surface area contributed by atoms with Crippen LogP contribution >= 0.6 is 0 Å². The first-order valence-electron chi connectivity index (χ1n) is 7.49. The molecule has 0 unspecified atom stereocenters. The fourth-order valence-electron chi connectivity index (χ4n) is 2.89. The van der Waals surface area contributed by atoms with Crippen molar-refractivity contribution in [2.24, 2.45) is 5.92 Å². The molecule has 3 heteroatoms. The smallest absolute Gasteiger partial charge is 0.302 e. The predicted octanol–water partition coefficient (Wildman–Crippen LogP) is 3.95. The number of benzene rings is 1. The number of hydrogen-bond acceptors (Lipinski definition) is 3. The van der Waals surface area contributed by atoms with Gasteiger partial charge in [0.1, 0.15) is 6.61 Å². The second kappa shape index (κ2) is 7.64. The number of allylic oxidation sites excluding steroid dienone is 1. The van der Waals surface area contributed by atoms with Gasteiger partial charge in [-0.15, -0.1) is 0 Å². The van der Waals surface area contributed by atoms with Crippen molar-refractivity contribution in [1.82, 2.24) is 0 Å². The molecule has 1 fully saturated rings. The Morgan fingerprint density at radius 1 is 1.29 bits per heavy atom. The molecule has 1 aliphatic rings. The topological polar surface area (TPSA) is 50.1 Å². The van der Waals surface area contributed by atoms with Crippen LogP contribution in [0.25, 0.3) is 0 Å². The number of hydrogen-bond donors (Lipinski definition) is 0. The Kier molecular flexibility index (Phi) is 5.57. The molecule has 0 N–H and O–H groups in total. The zero-order valence-electron chi connectivity index (χ0n) is 12.4. The van der Waals surface area contributed by atoms with Crippen molar-refractivity contribution >= 4 is 5.97 Å². The van der Waals surface area contributed by atoms with Crippen LogP contribution in [0.15, 0.2) is 36.4 Å². The molecule has 3 nitrogen and oxygen atoms in total. The number of nitrogens with zero attached hydrogens (tertiary/aromatic N) is 1. The number of rotatable bonds is 4. The zero-order valence-corrected chi connectivity index (χ0v) is 12.4. The summed E-state index contributed by atoms with van der Waals surface area (Å²) in [6, 6.07) is 10.1. The molecule has 0 amide bonds. The average Bonchev–Trinajstić information content (AvgIpc) is 2.52. The van der Waals surface area contributed by atoms with Crippen molar-refractivity contribution in [3.63, 3.8) is 0 Å². The Labute approximate surface area is 126 Å². The summed E-state index contributed by atoms with van der Waals surface area (Å²) in [5.74, 6) is 0.968. The summed E-state index contributed by atoms with van der Waals surface area (Å²) in [4.78, 5) is 10.7. The van der Waals surface area contributed by atoms with Crippen molar-refractivity contribution in [2.45, 2.75) is 38.5 Å². The molecule has 0 saturated heterocycles. The fraction of sp³-hybridized carbons (Fsp3) is 0.444. The van der Waals surface area contributed by atoms with Crippen LogP contribution in [0.1, 0.15) is 49.7 Å². The van der Waals surface area contributed by atoms with Gasteiger partial charge in [0, 0.05) is 6.92 Å². The summed E-state index contributed by atoms with van der Waals surface area (Å²) in [5.41, 5.74) is 2.07. The molecule has 0 heterocycles. The van der Waals surface area contributed by atoms with Gasteiger partial charge in [0.15, 0.2) is 0 Å². The molecule has 1 aromatic carbocycles. The number of ether oxygens (including phenoxy) is 1. The maximum atomic E-state index is 10.7. The minimum atomic E-state index is -0.232. The van der Waals surface area contributed by atoms with Crippen LogP contribution in [0.2, 0.25) is 0 Å². The summed E-state index contributed by atoms with van der Waals surface area (Å²) in [7, 11) is 0. The second-order valence-corrected chi connectivity index (χ2v) is 5.58.